The quantitative estimate of drug-likeness (QED) is 0.581. The van der Waals surface area contributed by atoms with Crippen molar-refractivity contribution < 1.29 is 0 Å². The Kier molecular flexibility index (Phi) is 1.27. The van der Waals surface area contributed by atoms with Gasteiger partial charge in [-0.15, -0.1) is 0 Å². The van der Waals surface area contributed by atoms with Gasteiger partial charge in [-0.25, -0.2) is 0 Å². The van der Waals surface area contributed by atoms with Crippen molar-refractivity contribution in [3.05, 3.63) is 0 Å². The summed E-state index contributed by atoms with van der Waals surface area (Å²) >= 11 is 0. The minimum Gasteiger partial charge on any atom is -0.328 e. The molecule has 0 atom stereocenters. The van der Waals surface area contributed by atoms with E-state index in [-0.39, 0.29) is 5.54 Å². The van der Waals surface area contributed by atoms with Crippen LogP contribution in [-0.2, 0) is 0 Å². The third-order valence-corrected chi connectivity index (χ3v) is 2.70. The second-order valence-electron chi connectivity index (χ2n) is 3.38. The van der Waals surface area contributed by atoms with E-state index >= 15 is 0 Å². The first-order valence-electron chi connectivity index (χ1n) is 3.97. The van der Waals surface area contributed by atoms with Gasteiger partial charge >= 0.3 is 0 Å². The van der Waals surface area contributed by atoms with Gasteiger partial charge in [-0.2, -0.15) is 10.2 Å². The third kappa shape index (κ3) is 0.770. The van der Waals surface area contributed by atoms with Crippen molar-refractivity contribution in [1.29, 1.82) is 0 Å². The van der Waals surface area contributed by atoms with Crippen molar-refractivity contribution in [3.8, 4) is 0 Å². The summed E-state index contributed by atoms with van der Waals surface area (Å²) < 4.78 is 0. The van der Waals surface area contributed by atoms with Gasteiger partial charge in [-0.3, -0.25) is 0 Å². The molecule has 0 unspecified atom stereocenters. The van der Waals surface area contributed by atoms with Crippen LogP contribution in [0.3, 0.4) is 0 Å². The van der Waals surface area contributed by atoms with Crippen LogP contribution in [0.2, 0.25) is 0 Å². The number of hydrogen-bond donors (Lipinski definition) is 1. The van der Waals surface area contributed by atoms with E-state index in [0.717, 1.165) is 12.8 Å². The molecule has 2 N–H and O–H groups in total. The van der Waals surface area contributed by atoms with Gasteiger partial charge in [-0.1, -0.05) is 0 Å². The lowest BCUT2D eigenvalue weighted by Gasteiger charge is -2.38. The number of rotatable bonds is 1. The molecular weight excluding hydrogens is 126 g/mol. The molecule has 1 aliphatic carbocycles. The van der Waals surface area contributed by atoms with Crippen LogP contribution < -0.4 is 5.73 Å². The Labute approximate surface area is 60.7 Å². The zero-order valence-electron chi connectivity index (χ0n) is 6.08. The molecule has 0 radical (unpaired) electrons. The number of fused-ring (bicyclic) bond motifs is 2. The zero-order chi connectivity index (χ0) is 7.03. The second-order valence-corrected chi connectivity index (χ2v) is 3.38. The van der Waals surface area contributed by atoms with Gasteiger partial charge in [0.25, 0.3) is 0 Å². The summed E-state index contributed by atoms with van der Waals surface area (Å²) in [6.07, 6.45) is 4.75. The predicted octanol–water partition coefficient (Wildman–Crippen LogP) is 1.09. The maximum absolute atomic E-state index is 5.62. The summed E-state index contributed by atoms with van der Waals surface area (Å²) in [5, 5.41) is 8.43. The van der Waals surface area contributed by atoms with Gasteiger partial charge in [0, 0.05) is 6.54 Å². The SMILES string of the molecule is NCC12CCC(CC1)N=N2. The van der Waals surface area contributed by atoms with Crippen LogP contribution in [0.4, 0.5) is 0 Å². The van der Waals surface area contributed by atoms with Crippen LogP contribution in [0.25, 0.3) is 0 Å². The molecule has 56 valence electrons. The largest absolute Gasteiger partial charge is 0.328 e. The monoisotopic (exact) mass is 139 g/mol. The molecule has 3 aliphatic rings. The van der Waals surface area contributed by atoms with Gasteiger partial charge in [0.15, 0.2) is 0 Å². The highest BCUT2D eigenvalue weighted by Crippen LogP contribution is 2.37. The van der Waals surface area contributed by atoms with Crippen LogP contribution in [0.1, 0.15) is 25.7 Å². The van der Waals surface area contributed by atoms with Crippen LogP contribution >= 0.6 is 0 Å². The highest BCUT2D eigenvalue weighted by Gasteiger charge is 2.38. The molecule has 1 fully saturated rings. The Morgan fingerprint density at radius 1 is 1.40 bits per heavy atom. The Morgan fingerprint density at radius 2 is 2.10 bits per heavy atom. The lowest BCUT2D eigenvalue weighted by Crippen LogP contribution is -2.43. The summed E-state index contributed by atoms with van der Waals surface area (Å²) in [4.78, 5) is 0. The van der Waals surface area contributed by atoms with Gasteiger partial charge in [0.2, 0.25) is 0 Å². The predicted molar refractivity (Wildman–Crippen MR) is 38.9 cm³/mol. The fraction of sp³-hybridized carbons (Fsp3) is 1.00. The highest BCUT2D eigenvalue weighted by molar-refractivity contribution is 4.98. The molecule has 3 rings (SSSR count). The van der Waals surface area contributed by atoms with Crippen molar-refractivity contribution in [2.45, 2.75) is 37.3 Å². The molecule has 2 aliphatic heterocycles. The van der Waals surface area contributed by atoms with Gasteiger partial charge in [0.1, 0.15) is 0 Å². The Morgan fingerprint density at radius 3 is 2.40 bits per heavy atom. The maximum Gasteiger partial charge on any atom is 0.0939 e. The van der Waals surface area contributed by atoms with Crippen molar-refractivity contribution in [2.75, 3.05) is 6.54 Å². The van der Waals surface area contributed by atoms with Crippen LogP contribution in [0.5, 0.6) is 0 Å². The van der Waals surface area contributed by atoms with E-state index in [1.165, 1.54) is 12.8 Å². The lowest BCUT2D eigenvalue weighted by molar-refractivity contribution is 0.220. The van der Waals surface area contributed by atoms with E-state index in [9.17, 15) is 0 Å². The van der Waals surface area contributed by atoms with Crippen molar-refractivity contribution in [1.82, 2.24) is 0 Å². The van der Waals surface area contributed by atoms with E-state index < -0.39 is 0 Å². The molecule has 0 aromatic rings. The average molecular weight is 139 g/mol. The molecule has 0 saturated heterocycles. The van der Waals surface area contributed by atoms with E-state index in [1.54, 1.807) is 0 Å². The van der Waals surface area contributed by atoms with Crippen LogP contribution in [-0.4, -0.2) is 18.1 Å². The van der Waals surface area contributed by atoms with E-state index in [2.05, 4.69) is 10.2 Å². The van der Waals surface area contributed by atoms with Gasteiger partial charge in [0.05, 0.1) is 11.6 Å². The fourth-order valence-electron chi connectivity index (χ4n) is 1.80. The summed E-state index contributed by atoms with van der Waals surface area (Å²) in [5.74, 6) is 0. The number of nitrogens with zero attached hydrogens (tertiary/aromatic N) is 2. The molecule has 1 saturated carbocycles. The number of nitrogens with two attached hydrogens (primary N) is 1. The molecule has 0 amide bonds. The van der Waals surface area contributed by atoms with E-state index in [1.807, 2.05) is 0 Å². The van der Waals surface area contributed by atoms with E-state index in [0.29, 0.717) is 12.6 Å². The Hall–Kier alpha value is -0.440. The minimum absolute atomic E-state index is 0.0642. The number of azo groups is 1. The molecule has 0 spiro atoms. The topological polar surface area (TPSA) is 50.7 Å². The summed E-state index contributed by atoms with van der Waals surface area (Å²) in [7, 11) is 0. The van der Waals surface area contributed by atoms with Gasteiger partial charge in [-0.05, 0) is 25.7 Å². The van der Waals surface area contributed by atoms with Crippen molar-refractivity contribution in [2.24, 2.45) is 16.0 Å². The summed E-state index contributed by atoms with van der Waals surface area (Å²) in [6.45, 7) is 0.684. The molecular formula is C7H13N3. The Balaban J connectivity index is 2.22. The van der Waals surface area contributed by atoms with E-state index in [4.69, 9.17) is 5.73 Å². The van der Waals surface area contributed by atoms with Gasteiger partial charge < -0.3 is 5.73 Å². The zero-order valence-corrected chi connectivity index (χ0v) is 6.08. The van der Waals surface area contributed by atoms with Crippen LogP contribution in [0.15, 0.2) is 10.2 Å². The standard InChI is InChI=1S/C7H13N3/c8-5-7-3-1-6(2-4-7)9-10-7/h6H,1-5,8H2. The molecule has 0 aromatic carbocycles. The molecule has 2 heterocycles. The normalized spacial score (nSPS) is 44.3. The molecule has 10 heavy (non-hydrogen) atoms. The third-order valence-electron chi connectivity index (χ3n) is 2.70. The van der Waals surface area contributed by atoms with Crippen LogP contribution in [0, 0.1) is 0 Å². The average Bonchev–Trinajstić information content (AvgIpc) is 2.08. The molecule has 3 heteroatoms. The smallest absolute Gasteiger partial charge is 0.0939 e. The van der Waals surface area contributed by atoms with Crippen molar-refractivity contribution >= 4 is 0 Å². The highest BCUT2D eigenvalue weighted by atomic mass is 15.2. The number of hydrogen-bond acceptors (Lipinski definition) is 3. The van der Waals surface area contributed by atoms with Crippen molar-refractivity contribution in [3.63, 3.8) is 0 Å². The maximum atomic E-state index is 5.62. The Bertz CT molecular complexity index is 156. The molecule has 2 bridgehead atoms. The lowest BCUT2D eigenvalue weighted by atomic mass is 9.79. The first-order valence-corrected chi connectivity index (χ1v) is 3.97. The fourth-order valence-corrected chi connectivity index (χ4v) is 1.80. The first kappa shape index (κ1) is 6.28. The minimum atomic E-state index is 0.0642. The summed E-state index contributed by atoms with van der Waals surface area (Å²) in [6, 6.07) is 0.536. The first-order chi connectivity index (χ1) is 4.85. The molecule has 0 aromatic heterocycles. The molecule has 3 nitrogen and oxygen atoms in total. The summed E-state index contributed by atoms with van der Waals surface area (Å²) in [5.41, 5.74) is 5.68. The second kappa shape index (κ2) is 2.02.